The molecule has 3 aromatic rings. The van der Waals surface area contributed by atoms with Crippen molar-refractivity contribution in [2.45, 2.75) is 19.9 Å². The fraction of sp³-hybridized carbons (Fsp3) is 0.150. The van der Waals surface area contributed by atoms with Crippen molar-refractivity contribution in [2.75, 3.05) is 10.6 Å². The lowest BCUT2D eigenvalue weighted by Gasteiger charge is -2.13. The van der Waals surface area contributed by atoms with Crippen LogP contribution in [0, 0.1) is 6.92 Å². The third kappa shape index (κ3) is 5.15. The number of carbonyl (C=O) groups excluding carboxylic acids is 2. The topological polar surface area (TPSA) is 83.1 Å². The van der Waals surface area contributed by atoms with Crippen molar-refractivity contribution in [3.05, 3.63) is 76.8 Å². The van der Waals surface area contributed by atoms with Crippen molar-refractivity contribution in [1.82, 2.24) is 10.3 Å². The number of rotatable bonds is 5. The van der Waals surface area contributed by atoms with Crippen molar-refractivity contribution < 1.29 is 9.59 Å². The molecule has 0 spiro atoms. The molecule has 0 aliphatic carbocycles. The van der Waals surface area contributed by atoms with Crippen LogP contribution in [0.3, 0.4) is 0 Å². The van der Waals surface area contributed by atoms with E-state index in [1.807, 2.05) is 62.4 Å². The summed E-state index contributed by atoms with van der Waals surface area (Å²) >= 11 is 1.20. The van der Waals surface area contributed by atoms with E-state index >= 15 is 0 Å². The Hall–Kier alpha value is -3.19. The average molecular weight is 380 g/mol. The summed E-state index contributed by atoms with van der Waals surface area (Å²) in [4.78, 5) is 28.6. The first-order valence-electron chi connectivity index (χ1n) is 8.47. The van der Waals surface area contributed by atoms with Gasteiger partial charge in [-0.05, 0) is 37.1 Å². The lowest BCUT2D eigenvalue weighted by Crippen LogP contribution is -2.27. The quantitative estimate of drug-likeness (QED) is 0.605. The maximum absolute atomic E-state index is 12.4. The highest BCUT2D eigenvalue weighted by molar-refractivity contribution is 7.14. The van der Waals surface area contributed by atoms with Crippen LogP contribution in [0.25, 0.3) is 0 Å². The Morgan fingerprint density at radius 1 is 1.04 bits per heavy atom. The fourth-order valence-corrected chi connectivity index (χ4v) is 3.20. The minimum atomic E-state index is -0.403. The van der Waals surface area contributed by atoms with Gasteiger partial charge in [0.05, 0.1) is 6.04 Å². The smallest absolute Gasteiger partial charge is 0.325 e. The van der Waals surface area contributed by atoms with Crippen molar-refractivity contribution in [3.63, 3.8) is 0 Å². The monoisotopic (exact) mass is 380 g/mol. The predicted molar refractivity (Wildman–Crippen MR) is 108 cm³/mol. The van der Waals surface area contributed by atoms with E-state index in [-0.39, 0.29) is 17.6 Å². The Morgan fingerprint density at radius 2 is 1.81 bits per heavy atom. The van der Waals surface area contributed by atoms with Crippen molar-refractivity contribution in [3.8, 4) is 0 Å². The van der Waals surface area contributed by atoms with Crippen LogP contribution in [-0.2, 0) is 0 Å². The van der Waals surface area contributed by atoms with E-state index in [0.29, 0.717) is 10.8 Å². The van der Waals surface area contributed by atoms with Gasteiger partial charge in [-0.25, -0.2) is 9.78 Å². The lowest BCUT2D eigenvalue weighted by atomic mass is 10.1. The van der Waals surface area contributed by atoms with E-state index in [1.54, 1.807) is 11.4 Å². The van der Waals surface area contributed by atoms with E-state index < -0.39 is 6.03 Å². The molecule has 0 unspecified atom stereocenters. The van der Waals surface area contributed by atoms with Crippen LogP contribution in [0.2, 0.25) is 0 Å². The number of nitrogens with zero attached hydrogens (tertiary/aromatic N) is 1. The highest BCUT2D eigenvalue weighted by atomic mass is 32.1. The standard InChI is InChI=1S/C20H20N4O2S/c1-13-7-6-10-16(11-13)22-19(26)24-20-23-17(12-27-20)18(25)21-14(2)15-8-4-3-5-9-15/h3-12,14H,1-2H3,(H,21,25)(H2,22,23,24,26)/t14-/m0/s1. The van der Waals surface area contributed by atoms with Gasteiger partial charge in [0.1, 0.15) is 5.69 Å². The van der Waals surface area contributed by atoms with Crippen LogP contribution < -0.4 is 16.0 Å². The summed E-state index contributed by atoms with van der Waals surface area (Å²) in [7, 11) is 0. The summed E-state index contributed by atoms with van der Waals surface area (Å²) in [6, 6.07) is 16.6. The summed E-state index contributed by atoms with van der Waals surface area (Å²) in [5.41, 5.74) is 3.03. The zero-order chi connectivity index (χ0) is 19.2. The first-order valence-corrected chi connectivity index (χ1v) is 9.35. The molecule has 1 heterocycles. The molecule has 3 rings (SSSR count). The molecule has 0 fully saturated rings. The van der Waals surface area contributed by atoms with Crippen molar-refractivity contribution in [1.29, 1.82) is 0 Å². The second-order valence-corrected chi connectivity index (χ2v) is 6.95. The number of hydrogen-bond donors (Lipinski definition) is 3. The molecule has 0 saturated carbocycles. The summed E-state index contributed by atoms with van der Waals surface area (Å²) in [5.74, 6) is -0.283. The zero-order valence-electron chi connectivity index (χ0n) is 15.0. The second-order valence-electron chi connectivity index (χ2n) is 6.09. The number of thiazole rings is 1. The number of carbonyl (C=O) groups is 2. The molecule has 1 aromatic heterocycles. The van der Waals surface area contributed by atoms with Gasteiger partial charge >= 0.3 is 6.03 Å². The van der Waals surface area contributed by atoms with Crippen molar-refractivity contribution >= 4 is 34.1 Å². The lowest BCUT2D eigenvalue weighted by molar-refractivity contribution is 0.0935. The third-order valence-corrected chi connectivity index (χ3v) is 4.64. The van der Waals surface area contributed by atoms with Gasteiger partial charge < -0.3 is 10.6 Å². The molecule has 3 N–H and O–H groups in total. The van der Waals surface area contributed by atoms with Crippen LogP contribution in [-0.4, -0.2) is 16.9 Å². The number of urea groups is 1. The first kappa shape index (κ1) is 18.6. The third-order valence-electron chi connectivity index (χ3n) is 3.88. The summed E-state index contributed by atoms with van der Waals surface area (Å²) in [5, 5.41) is 10.3. The Morgan fingerprint density at radius 3 is 2.56 bits per heavy atom. The largest absolute Gasteiger partial charge is 0.344 e. The number of nitrogens with one attached hydrogen (secondary N) is 3. The van der Waals surface area contributed by atoms with Gasteiger partial charge in [-0.1, -0.05) is 42.5 Å². The van der Waals surface area contributed by atoms with E-state index in [4.69, 9.17) is 0 Å². The highest BCUT2D eigenvalue weighted by Gasteiger charge is 2.15. The molecule has 3 amide bonds. The summed E-state index contributed by atoms with van der Waals surface area (Å²) in [6.45, 7) is 3.86. The van der Waals surface area contributed by atoms with Gasteiger partial charge in [0.2, 0.25) is 0 Å². The van der Waals surface area contributed by atoms with Crippen LogP contribution in [0.1, 0.15) is 34.6 Å². The van der Waals surface area contributed by atoms with Crippen LogP contribution in [0.15, 0.2) is 60.0 Å². The van der Waals surface area contributed by atoms with Crippen LogP contribution in [0.5, 0.6) is 0 Å². The summed E-state index contributed by atoms with van der Waals surface area (Å²) in [6.07, 6.45) is 0. The molecule has 0 bridgehead atoms. The van der Waals surface area contributed by atoms with Crippen LogP contribution in [0.4, 0.5) is 15.6 Å². The SMILES string of the molecule is Cc1cccc(NC(=O)Nc2nc(C(=O)N[C@@H](C)c3ccccc3)cs2)c1. The van der Waals surface area contributed by atoms with Gasteiger partial charge in [-0.2, -0.15) is 0 Å². The Bertz CT molecular complexity index is 940. The van der Waals surface area contributed by atoms with Crippen LogP contribution >= 0.6 is 11.3 Å². The molecule has 0 aliphatic heterocycles. The Kier molecular flexibility index (Phi) is 5.83. The molecular formula is C20H20N4O2S. The first-order chi connectivity index (χ1) is 13.0. The molecular weight excluding hydrogens is 360 g/mol. The van der Waals surface area contributed by atoms with E-state index in [2.05, 4.69) is 20.9 Å². The van der Waals surface area contributed by atoms with Gasteiger partial charge in [0.15, 0.2) is 5.13 Å². The zero-order valence-corrected chi connectivity index (χ0v) is 15.8. The molecule has 0 aliphatic rings. The Labute approximate surface area is 161 Å². The minimum absolute atomic E-state index is 0.138. The van der Waals surface area contributed by atoms with E-state index in [1.165, 1.54) is 11.3 Å². The fourth-order valence-electron chi connectivity index (χ4n) is 2.51. The highest BCUT2D eigenvalue weighted by Crippen LogP contribution is 2.18. The Balaban J connectivity index is 1.57. The van der Waals surface area contributed by atoms with E-state index in [9.17, 15) is 9.59 Å². The number of amides is 3. The van der Waals surface area contributed by atoms with E-state index in [0.717, 1.165) is 11.1 Å². The normalized spacial score (nSPS) is 11.5. The maximum Gasteiger partial charge on any atom is 0.325 e. The predicted octanol–water partition coefficient (Wildman–Crippen LogP) is 4.59. The molecule has 0 saturated heterocycles. The van der Waals surface area contributed by atoms with Gasteiger partial charge in [0.25, 0.3) is 5.91 Å². The molecule has 2 aromatic carbocycles. The molecule has 27 heavy (non-hydrogen) atoms. The molecule has 0 radical (unpaired) electrons. The number of benzene rings is 2. The molecule has 1 atom stereocenters. The number of anilines is 2. The van der Waals surface area contributed by atoms with Gasteiger partial charge in [-0.3, -0.25) is 10.1 Å². The molecule has 138 valence electrons. The molecule has 6 nitrogen and oxygen atoms in total. The maximum atomic E-state index is 12.4. The number of aryl methyl sites for hydroxylation is 1. The number of hydrogen-bond acceptors (Lipinski definition) is 4. The van der Waals surface area contributed by atoms with Gasteiger partial charge in [-0.15, -0.1) is 11.3 Å². The summed E-state index contributed by atoms with van der Waals surface area (Å²) < 4.78 is 0. The average Bonchev–Trinajstić information content (AvgIpc) is 3.11. The second kappa shape index (κ2) is 8.46. The number of aromatic nitrogens is 1. The minimum Gasteiger partial charge on any atom is -0.344 e. The van der Waals surface area contributed by atoms with Crippen molar-refractivity contribution in [2.24, 2.45) is 0 Å². The van der Waals surface area contributed by atoms with Gasteiger partial charge in [0, 0.05) is 11.1 Å². The molecule has 7 heteroatoms.